The molecule has 2 nitrogen and oxygen atoms in total. The summed E-state index contributed by atoms with van der Waals surface area (Å²) in [5, 5.41) is 0.741. The van der Waals surface area contributed by atoms with Crippen LogP contribution in [-0.4, -0.2) is 12.6 Å². The Labute approximate surface area is 114 Å². The van der Waals surface area contributed by atoms with E-state index in [9.17, 15) is 0 Å². The van der Waals surface area contributed by atoms with Crippen LogP contribution < -0.4 is 10.5 Å². The van der Waals surface area contributed by atoms with Gasteiger partial charge in [-0.1, -0.05) is 31.9 Å². The fourth-order valence-corrected chi connectivity index (χ4v) is 3.18. The van der Waals surface area contributed by atoms with E-state index in [1.54, 1.807) is 7.11 Å². The highest BCUT2D eigenvalue weighted by molar-refractivity contribution is 6.30. The quantitative estimate of drug-likeness (QED) is 0.904. The highest BCUT2D eigenvalue weighted by atomic mass is 35.5. The van der Waals surface area contributed by atoms with Gasteiger partial charge in [0.15, 0.2) is 0 Å². The zero-order chi connectivity index (χ0) is 13.4. The molecule has 1 fully saturated rings. The summed E-state index contributed by atoms with van der Waals surface area (Å²) >= 11 is 6.08. The number of rotatable bonds is 3. The molecule has 1 unspecified atom stereocenters. The number of methoxy groups -OCH3 is 1. The van der Waals surface area contributed by atoms with Crippen LogP contribution in [0.3, 0.4) is 0 Å². The molecule has 1 atom stereocenters. The minimum Gasteiger partial charge on any atom is -0.496 e. The number of hydrogen-bond acceptors (Lipinski definition) is 2. The maximum Gasteiger partial charge on any atom is 0.122 e. The van der Waals surface area contributed by atoms with Crippen molar-refractivity contribution in [2.75, 3.05) is 7.11 Å². The molecule has 0 radical (unpaired) electrons. The first kappa shape index (κ1) is 13.7. The molecule has 0 heterocycles. The van der Waals surface area contributed by atoms with Crippen LogP contribution in [0.2, 0.25) is 5.02 Å². The Bertz CT molecular complexity index is 444. The van der Waals surface area contributed by atoms with Crippen LogP contribution in [0, 0.1) is 5.41 Å². The summed E-state index contributed by atoms with van der Waals surface area (Å²) in [4.78, 5) is 0. The summed E-state index contributed by atoms with van der Waals surface area (Å²) in [7, 11) is 1.69. The van der Waals surface area contributed by atoms with Crippen molar-refractivity contribution in [3.63, 3.8) is 0 Å². The van der Waals surface area contributed by atoms with E-state index in [1.165, 1.54) is 12.8 Å². The maximum absolute atomic E-state index is 6.64. The minimum atomic E-state index is -0.162. The zero-order valence-corrected chi connectivity index (χ0v) is 12.2. The average molecular weight is 268 g/mol. The van der Waals surface area contributed by atoms with E-state index in [4.69, 9.17) is 22.1 Å². The molecule has 18 heavy (non-hydrogen) atoms. The normalized spacial score (nSPS) is 26.3. The monoisotopic (exact) mass is 267 g/mol. The lowest BCUT2D eigenvalue weighted by Crippen LogP contribution is -2.50. The topological polar surface area (TPSA) is 35.2 Å². The second kappa shape index (κ2) is 4.75. The lowest BCUT2D eigenvalue weighted by Gasteiger charge is -2.38. The van der Waals surface area contributed by atoms with Crippen LogP contribution in [0.15, 0.2) is 18.2 Å². The molecule has 1 saturated carbocycles. The molecule has 2 rings (SSSR count). The number of hydrogen-bond donors (Lipinski definition) is 1. The zero-order valence-electron chi connectivity index (χ0n) is 11.4. The number of ether oxygens (including phenoxy) is 1. The minimum absolute atomic E-state index is 0.162. The van der Waals surface area contributed by atoms with Gasteiger partial charge in [-0.2, -0.15) is 0 Å². The smallest absolute Gasteiger partial charge is 0.122 e. The average Bonchev–Trinajstić information content (AvgIpc) is 2.53. The third-order valence-corrected chi connectivity index (χ3v) is 4.76. The van der Waals surface area contributed by atoms with Crippen LogP contribution in [0.5, 0.6) is 5.75 Å². The third-order valence-electron chi connectivity index (χ3n) is 4.52. The Morgan fingerprint density at radius 1 is 1.33 bits per heavy atom. The molecule has 0 saturated heterocycles. The first-order valence-electron chi connectivity index (χ1n) is 6.49. The van der Waals surface area contributed by atoms with Crippen molar-refractivity contribution in [3.8, 4) is 5.75 Å². The number of benzene rings is 1. The van der Waals surface area contributed by atoms with Crippen molar-refractivity contribution >= 4 is 11.6 Å². The Morgan fingerprint density at radius 2 is 2.06 bits per heavy atom. The molecule has 0 amide bonds. The SMILES string of the molecule is COc1ccc(Cl)cc1CC1(N)CCCC1(C)C. The van der Waals surface area contributed by atoms with Crippen molar-refractivity contribution in [2.24, 2.45) is 11.1 Å². The molecular formula is C15H22ClNO. The fraction of sp³-hybridized carbons (Fsp3) is 0.600. The Morgan fingerprint density at radius 3 is 2.61 bits per heavy atom. The first-order valence-corrected chi connectivity index (χ1v) is 6.87. The molecule has 0 aliphatic heterocycles. The Kier molecular flexibility index (Phi) is 3.61. The molecule has 0 bridgehead atoms. The molecule has 1 aliphatic rings. The maximum atomic E-state index is 6.64. The van der Waals surface area contributed by atoms with E-state index in [0.29, 0.717) is 0 Å². The standard InChI is InChI=1S/C15H22ClNO/c1-14(2)7-4-8-15(14,17)10-11-9-12(16)5-6-13(11)18-3/h5-6,9H,4,7-8,10,17H2,1-3H3. The molecule has 2 N–H and O–H groups in total. The van der Waals surface area contributed by atoms with Crippen molar-refractivity contribution in [2.45, 2.75) is 45.1 Å². The van der Waals surface area contributed by atoms with Gasteiger partial charge in [0.25, 0.3) is 0 Å². The largest absolute Gasteiger partial charge is 0.496 e. The van der Waals surface area contributed by atoms with Crippen LogP contribution in [-0.2, 0) is 6.42 Å². The van der Waals surface area contributed by atoms with E-state index in [0.717, 1.165) is 29.2 Å². The molecule has 100 valence electrons. The van der Waals surface area contributed by atoms with Crippen molar-refractivity contribution in [3.05, 3.63) is 28.8 Å². The molecule has 3 heteroatoms. The number of nitrogens with two attached hydrogens (primary N) is 1. The molecule has 1 aromatic rings. The van der Waals surface area contributed by atoms with Crippen LogP contribution in [0.1, 0.15) is 38.7 Å². The summed E-state index contributed by atoms with van der Waals surface area (Å²) in [5.41, 5.74) is 7.76. The van der Waals surface area contributed by atoms with E-state index in [2.05, 4.69) is 13.8 Å². The Hall–Kier alpha value is -0.730. The van der Waals surface area contributed by atoms with E-state index < -0.39 is 0 Å². The van der Waals surface area contributed by atoms with Gasteiger partial charge in [0.1, 0.15) is 5.75 Å². The van der Waals surface area contributed by atoms with E-state index in [-0.39, 0.29) is 11.0 Å². The van der Waals surface area contributed by atoms with Crippen LogP contribution in [0.25, 0.3) is 0 Å². The highest BCUT2D eigenvalue weighted by Crippen LogP contribution is 2.46. The van der Waals surface area contributed by atoms with Gasteiger partial charge < -0.3 is 10.5 Å². The lowest BCUT2D eigenvalue weighted by molar-refractivity contribution is 0.205. The summed E-state index contributed by atoms with van der Waals surface area (Å²) in [6.07, 6.45) is 4.28. The summed E-state index contributed by atoms with van der Waals surface area (Å²) < 4.78 is 5.41. The second-order valence-corrected chi connectivity index (χ2v) is 6.46. The van der Waals surface area contributed by atoms with E-state index >= 15 is 0 Å². The van der Waals surface area contributed by atoms with Crippen LogP contribution in [0.4, 0.5) is 0 Å². The summed E-state index contributed by atoms with van der Waals surface area (Å²) in [6, 6.07) is 5.75. The van der Waals surface area contributed by atoms with Gasteiger partial charge >= 0.3 is 0 Å². The second-order valence-electron chi connectivity index (χ2n) is 6.03. The highest BCUT2D eigenvalue weighted by Gasteiger charge is 2.45. The predicted molar refractivity (Wildman–Crippen MR) is 76.3 cm³/mol. The summed E-state index contributed by atoms with van der Waals surface area (Å²) in [6.45, 7) is 4.52. The third kappa shape index (κ3) is 2.36. The molecule has 0 spiro atoms. The number of halogens is 1. The predicted octanol–water partition coefficient (Wildman–Crippen LogP) is 3.80. The fourth-order valence-electron chi connectivity index (χ4n) is 2.99. The van der Waals surface area contributed by atoms with Crippen molar-refractivity contribution in [1.29, 1.82) is 0 Å². The van der Waals surface area contributed by atoms with Gasteiger partial charge in [-0.05, 0) is 48.4 Å². The van der Waals surface area contributed by atoms with E-state index in [1.807, 2.05) is 18.2 Å². The Balaban J connectivity index is 2.31. The molecular weight excluding hydrogens is 246 g/mol. The van der Waals surface area contributed by atoms with Gasteiger partial charge in [-0.25, -0.2) is 0 Å². The van der Waals surface area contributed by atoms with Gasteiger partial charge in [0.05, 0.1) is 7.11 Å². The first-order chi connectivity index (χ1) is 8.38. The summed E-state index contributed by atoms with van der Waals surface area (Å²) in [5.74, 6) is 0.881. The molecule has 1 aromatic carbocycles. The van der Waals surface area contributed by atoms with Crippen molar-refractivity contribution in [1.82, 2.24) is 0 Å². The van der Waals surface area contributed by atoms with Gasteiger partial charge in [0.2, 0.25) is 0 Å². The lowest BCUT2D eigenvalue weighted by atomic mass is 9.72. The van der Waals surface area contributed by atoms with Crippen molar-refractivity contribution < 1.29 is 4.74 Å². The molecule has 0 aromatic heterocycles. The van der Waals surface area contributed by atoms with Crippen LogP contribution >= 0.6 is 11.6 Å². The van der Waals surface area contributed by atoms with Gasteiger partial charge in [-0.15, -0.1) is 0 Å². The molecule has 1 aliphatic carbocycles. The van der Waals surface area contributed by atoms with Gasteiger partial charge in [-0.3, -0.25) is 0 Å². The van der Waals surface area contributed by atoms with Gasteiger partial charge in [0, 0.05) is 10.6 Å².